The number of morpholine rings is 1. The van der Waals surface area contributed by atoms with E-state index in [0.29, 0.717) is 12.0 Å². The minimum absolute atomic E-state index is 0.189. The van der Waals surface area contributed by atoms with Crippen LogP contribution in [0.1, 0.15) is 33.6 Å². The highest BCUT2D eigenvalue weighted by molar-refractivity contribution is 4.75. The zero-order valence-corrected chi connectivity index (χ0v) is 10.3. The summed E-state index contributed by atoms with van der Waals surface area (Å²) in [7, 11) is 0. The summed E-state index contributed by atoms with van der Waals surface area (Å²) in [4.78, 5) is 2.33. The summed E-state index contributed by atoms with van der Waals surface area (Å²) in [5.41, 5.74) is 0. The van der Waals surface area contributed by atoms with Crippen LogP contribution in [0.25, 0.3) is 0 Å². The Morgan fingerprint density at radius 1 is 1.47 bits per heavy atom. The third-order valence-electron chi connectivity index (χ3n) is 3.42. The van der Waals surface area contributed by atoms with Gasteiger partial charge in [-0.05, 0) is 12.3 Å². The monoisotopic (exact) mass is 215 g/mol. The zero-order chi connectivity index (χ0) is 11.3. The Kier molecular flexibility index (Phi) is 5.58. The molecule has 0 spiro atoms. The normalized spacial score (nSPS) is 27.6. The molecule has 15 heavy (non-hydrogen) atoms. The highest BCUT2D eigenvalue weighted by Crippen LogP contribution is 2.13. The number of nitrogens with zero attached hydrogens (tertiary/aromatic N) is 1. The molecule has 1 fully saturated rings. The van der Waals surface area contributed by atoms with Crippen molar-refractivity contribution in [2.24, 2.45) is 5.92 Å². The number of aliphatic hydroxyl groups excluding tert-OH is 1. The summed E-state index contributed by atoms with van der Waals surface area (Å²) in [5.74, 6) is 0.396. The molecule has 3 atom stereocenters. The summed E-state index contributed by atoms with van der Waals surface area (Å²) in [6.07, 6.45) is 2.28. The van der Waals surface area contributed by atoms with Gasteiger partial charge in [-0.3, -0.25) is 4.90 Å². The lowest BCUT2D eigenvalue weighted by Gasteiger charge is -2.34. The lowest BCUT2D eigenvalue weighted by molar-refractivity contribution is -0.0468. The fraction of sp³-hybridized carbons (Fsp3) is 1.00. The average Bonchev–Trinajstić information content (AvgIpc) is 2.28. The highest BCUT2D eigenvalue weighted by atomic mass is 16.5. The topological polar surface area (TPSA) is 32.7 Å². The zero-order valence-electron chi connectivity index (χ0n) is 10.3. The predicted octanol–water partition coefficient (Wildman–Crippen LogP) is 1.50. The molecule has 3 nitrogen and oxygen atoms in total. The molecule has 0 aromatic heterocycles. The van der Waals surface area contributed by atoms with E-state index in [9.17, 15) is 5.11 Å². The van der Waals surface area contributed by atoms with Gasteiger partial charge in [-0.1, -0.05) is 27.2 Å². The molecule has 0 aromatic rings. The highest BCUT2D eigenvalue weighted by Gasteiger charge is 2.22. The Balaban J connectivity index is 2.31. The largest absolute Gasteiger partial charge is 0.392 e. The first kappa shape index (κ1) is 12.9. The Hall–Kier alpha value is -0.120. The van der Waals surface area contributed by atoms with Gasteiger partial charge in [-0.15, -0.1) is 0 Å². The van der Waals surface area contributed by atoms with Gasteiger partial charge < -0.3 is 9.84 Å². The summed E-state index contributed by atoms with van der Waals surface area (Å²) in [5, 5.41) is 9.95. The van der Waals surface area contributed by atoms with Crippen molar-refractivity contribution in [3.8, 4) is 0 Å². The summed E-state index contributed by atoms with van der Waals surface area (Å²) in [6.45, 7) is 9.94. The molecule has 0 aliphatic carbocycles. The molecule has 0 amide bonds. The first-order valence-electron chi connectivity index (χ1n) is 6.19. The third-order valence-corrected chi connectivity index (χ3v) is 3.42. The minimum atomic E-state index is -0.189. The van der Waals surface area contributed by atoms with Crippen LogP contribution in [-0.2, 0) is 4.74 Å². The molecule has 1 heterocycles. The molecule has 0 saturated carbocycles. The van der Waals surface area contributed by atoms with E-state index in [-0.39, 0.29) is 6.10 Å². The van der Waals surface area contributed by atoms with Crippen LogP contribution < -0.4 is 0 Å². The maximum atomic E-state index is 9.95. The van der Waals surface area contributed by atoms with Gasteiger partial charge in [0.2, 0.25) is 0 Å². The van der Waals surface area contributed by atoms with E-state index in [1.165, 1.54) is 0 Å². The summed E-state index contributed by atoms with van der Waals surface area (Å²) in [6, 6.07) is 0. The molecule has 1 aliphatic heterocycles. The lowest BCUT2D eigenvalue weighted by Crippen LogP contribution is -2.46. The molecule has 0 aromatic carbocycles. The van der Waals surface area contributed by atoms with E-state index in [1.54, 1.807) is 0 Å². The SMILES string of the molecule is CCC1CN(CC(O)C(C)CC)CCO1. The van der Waals surface area contributed by atoms with Crippen molar-refractivity contribution in [3.05, 3.63) is 0 Å². The van der Waals surface area contributed by atoms with Gasteiger partial charge in [0.15, 0.2) is 0 Å². The van der Waals surface area contributed by atoms with Gasteiger partial charge in [0.05, 0.1) is 18.8 Å². The maximum absolute atomic E-state index is 9.95. The Morgan fingerprint density at radius 3 is 2.80 bits per heavy atom. The van der Waals surface area contributed by atoms with Gasteiger partial charge in [0.25, 0.3) is 0 Å². The Labute approximate surface area is 93.4 Å². The fourth-order valence-corrected chi connectivity index (χ4v) is 1.91. The molecule has 1 rings (SSSR count). The average molecular weight is 215 g/mol. The van der Waals surface area contributed by atoms with Crippen molar-refractivity contribution in [3.63, 3.8) is 0 Å². The molecule has 90 valence electrons. The first-order chi connectivity index (χ1) is 7.17. The van der Waals surface area contributed by atoms with Crippen molar-refractivity contribution in [1.82, 2.24) is 4.90 Å². The van der Waals surface area contributed by atoms with Crippen LogP contribution in [0.15, 0.2) is 0 Å². The van der Waals surface area contributed by atoms with Gasteiger partial charge in [-0.2, -0.15) is 0 Å². The third kappa shape index (κ3) is 4.09. The molecule has 3 heteroatoms. The minimum Gasteiger partial charge on any atom is -0.392 e. The van der Waals surface area contributed by atoms with E-state index in [0.717, 1.165) is 39.1 Å². The number of hydrogen-bond donors (Lipinski definition) is 1. The van der Waals surface area contributed by atoms with Crippen LogP contribution in [0.4, 0.5) is 0 Å². The van der Waals surface area contributed by atoms with E-state index in [4.69, 9.17) is 4.74 Å². The van der Waals surface area contributed by atoms with Crippen LogP contribution >= 0.6 is 0 Å². The van der Waals surface area contributed by atoms with Crippen molar-refractivity contribution >= 4 is 0 Å². The molecule has 1 aliphatic rings. The number of ether oxygens (including phenoxy) is 1. The van der Waals surface area contributed by atoms with Gasteiger partial charge in [0.1, 0.15) is 0 Å². The van der Waals surface area contributed by atoms with Crippen molar-refractivity contribution in [2.45, 2.75) is 45.8 Å². The number of rotatable bonds is 5. The smallest absolute Gasteiger partial charge is 0.0700 e. The molecule has 0 radical (unpaired) electrons. The molecule has 1 N–H and O–H groups in total. The van der Waals surface area contributed by atoms with Gasteiger partial charge in [-0.25, -0.2) is 0 Å². The quantitative estimate of drug-likeness (QED) is 0.754. The second-order valence-electron chi connectivity index (χ2n) is 4.61. The van der Waals surface area contributed by atoms with E-state index in [1.807, 2.05) is 0 Å². The number of aliphatic hydroxyl groups is 1. The van der Waals surface area contributed by atoms with Gasteiger partial charge in [0, 0.05) is 19.6 Å². The summed E-state index contributed by atoms with van der Waals surface area (Å²) >= 11 is 0. The lowest BCUT2D eigenvalue weighted by atomic mass is 10.0. The fourth-order valence-electron chi connectivity index (χ4n) is 1.91. The van der Waals surface area contributed by atoms with Crippen LogP contribution in [0.2, 0.25) is 0 Å². The second-order valence-corrected chi connectivity index (χ2v) is 4.61. The van der Waals surface area contributed by atoms with E-state index >= 15 is 0 Å². The molecule has 1 saturated heterocycles. The molecular formula is C12H25NO2. The molecular weight excluding hydrogens is 190 g/mol. The van der Waals surface area contributed by atoms with E-state index in [2.05, 4.69) is 25.7 Å². The number of hydrogen-bond acceptors (Lipinski definition) is 3. The van der Waals surface area contributed by atoms with Crippen molar-refractivity contribution < 1.29 is 9.84 Å². The van der Waals surface area contributed by atoms with Crippen LogP contribution in [0, 0.1) is 5.92 Å². The predicted molar refractivity (Wildman–Crippen MR) is 61.9 cm³/mol. The molecule has 3 unspecified atom stereocenters. The second kappa shape index (κ2) is 6.46. The Morgan fingerprint density at radius 2 is 2.20 bits per heavy atom. The maximum Gasteiger partial charge on any atom is 0.0700 e. The number of β-amino-alcohol motifs (C(OH)–C–C–N with tert-alkyl or cyclic N) is 1. The van der Waals surface area contributed by atoms with Crippen LogP contribution in [0.3, 0.4) is 0 Å². The van der Waals surface area contributed by atoms with Crippen LogP contribution in [0.5, 0.6) is 0 Å². The Bertz CT molecular complexity index is 175. The van der Waals surface area contributed by atoms with Crippen molar-refractivity contribution in [1.29, 1.82) is 0 Å². The standard InChI is InChI=1S/C12H25NO2/c1-4-10(3)12(14)9-13-6-7-15-11(5-2)8-13/h10-12,14H,4-9H2,1-3H3. The molecule has 0 bridgehead atoms. The van der Waals surface area contributed by atoms with E-state index < -0.39 is 0 Å². The van der Waals surface area contributed by atoms with Gasteiger partial charge >= 0.3 is 0 Å². The van der Waals surface area contributed by atoms with Crippen molar-refractivity contribution in [2.75, 3.05) is 26.2 Å². The van der Waals surface area contributed by atoms with Crippen LogP contribution in [-0.4, -0.2) is 48.5 Å². The summed E-state index contributed by atoms with van der Waals surface area (Å²) < 4.78 is 5.60. The first-order valence-corrected chi connectivity index (χ1v) is 6.19.